The number of aliphatic carboxylic acids is 1. The van der Waals surface area contributed by atoms with Crippen molar-refractivity contribution in [3.63, 3.8) is 0 Å². The number of nitrogens with zero attached hydrogens (tertiary/aromatic N) is 2. The minimum Gasteiger partial charge on any atom is -0.481 e. The second kappa shape index (κ2) is 7.42. The lowest BCUT2D eigenvalue weighted by Gasteiger charge is -2.14. The molecule has 1 saturated carbocycles. The Morgan fingerprint density at radius 2 is 1.96 bits per heavy atom. The fourth-order valence-corrected chi connectivity index (χ4v) is 2.60. The molecule has 2 aromatic rings. The number of rotatable bonds is 7. The minimum absolute atomic E-state index is 0.0603. The molecule has 1 fully saturated rings. The number of carboxylic acids is 1. The molecule has 1 atom stereocenters. The van der Waals surface area contributed by atoms with Crippen LogP contribution in [0.4, 0.5) is 0 Å². The Bertz CT molecular complexity index is 770. The van der Waals surface area contributed by atoms with E-state index in [-0.39, 0.29) is 18.1 Å². The predicted molar refractivity (Wildman–Crippen MR) is 92.3 cm³/mol. The maximum absolute atomic E-state index is 12.3. The first-order chi connectivity index (χ1) is 12.0. The molecule has 130 valence electrons. The number of carbonyl (C=O) groups is 2. The lowest BCUT2D eigenvalue weighted by Crippen LogP contribution is -2.34. The Labute approximate surface area is 146 Å². The molecule has 0 aliphatic heterocycles. The number of carboxylic acid groups (broad SMARTS) is 1. The molecular weight excluding hydrogens is 318 g/mol. The second-order valence-electron chi connectivity index (χ2n) is 6.51. The van der Waals surface area contributed by atoms with Gasteiger partial charge in [0.2, 0.25) is 0 Å². The van der Waals surface area contributed by atoms with Crippen molar-refractivity contribution in [3.05, 3.63) is 59.2 Å². The third-order valence-electron chi connectivity index (χ3n) is 4.31. The van der Waals surface area contributed by atoms with E-state index in [0.717, 1.165) is 24.0 Å². The van der Waals surface area contributed by atoms with Crippen LogP contribution in [0.3, 0.4) is 0 Å². The molecule has 0 unspecified atom stereocenters. The van der Waals surface area contributed by atoms with Gasteiger partial charge in [-0.3, -0.25) is 9.59 Å². The highest BCUT2D eigenvalue weighted by atomic mass is 16.4. The quantitative estimate of drug-likeness (QED) is 0.808. The van der Waals surface area contributed by atoms with Crippen molar-refractivity contribution in [1.29, 1.82) is 0 Å². The smallest absolute Gasteiger partial charge is 0.308 e. The van der Waals surface area contributed by atoms with Crippen LogP contribution in [-0.4, -0.2) is 33.5 Å². The monoisotopic (exact) mass is 339 g/mol. The zero-order chi connectivity index (χ0) is 17.8. The van der Waals surface area contributed by atoms with Crippen molar-refractivity contribution < 1.29 is 14.7 Å². The van der Waals surface area contributed by atoms with Crippen LogP contribution in [0, 0.1) is 12.8 Å². The van der Waals surface area contributed by atoms with Gasteiger partial charge >= 0.3 is 5.97 Å². The molecule has 1 amide bonds. The largest absolute Gasteiger partial charge is 0.481 e. The number of amides is 1. The van der Waals surface area contributed by atoms with Crippen LogP contribution in [-0.2, 0) is 11.2 Å². The molecule has 1 heterocycles. The molecule has 1 aromatic carbocycles. The average molecular weight is 339 g/mol. The number of aromatic nitrogens is 2. The molecule has 6 heteroatoms. The lowest BCUT2D eigenvalue weighted by atomic mass is 9.98. The van der Waals surface area contributed by atoms with Crippen molar-refractivity contribution in [2.75, 3.05) is 6.54 Å². The molecular formula is C19H21N3O3. The van der Waals surface area contributed by atoms with E-state index in [2.05, 4.69) is 15.3 Å². The Hall–Kier alpha value is -2.76. The summed E-state index contributed by atoms with van der Waals surface area (Å²) in [4.78, 5) is 32.2. The van der Waals surface area contributed by atoms with Crippen LogP contribution in [0.15, 0.2) is 36.5 Å². The Morgan fingerprint density at radius 3 is 2.60 bits per heavy atom. The summed E-state index contributed by atoms with van der Waals surface area (Å²) in [6.45, 7) is 2.04. The van der Waals surface area contributed by atoms with Gasteiger partial charge in [-0.1, -0.05) is 29.8 Å². The average Bonchev–Trinajstić information content (AvgIpc) is 3.45. The van der Waals surface area contributed by atoms with Gasteiger partial charge in [-0.05, 0) is 37.8 Å². The zero-order valence-corrected chi connectivity index (χ0v) is 14.1. The van der Waals surface area contributed by atoms with Crippen LogP contribution < -0.4 is 5.32 Å². The van der Waals surface area contributed by atoms with Crippen LogP contribution in [0.2, 0.25) is 0 Å². The molecule has 1 aliphatic carbocycles. The van der Waals surface area contributed by atoms with Crippen molar-refractivity contribution >= 4 is 11.9 Å². The number of nitrogens with one attached hydrogen (secondary N) is 1. The molecule has 2 N–H and O–H groups in total. The van der Waals surface area contributed by atoms with Crippen molar-refractivity contribution in [3.8, 4) is 0 Å². The van der Waals surface area contributed by atoms with Gasteiger partial charge < -0.3 is 10.4 Å². The standard InChI is InChI=1S/C19H21N3O3/c1-12-2-4-13(5-3-12)10-15(19(24)25)11-21-18(23)16-8-9-20-17(22-16)14-6-7-14/h2-5,8-9,14-15H,6-7,10-11H2,1H3,(H,21,23)(H,24,25)/t15-/m0/s1. The minimum atomic E-state index is -0.928. The van der Waals surface area contributed by atoms with E-state index < -0.39 is 11.9 Å². The van der Waals surface area contributed by atoms with Crippen LogP contribution in [0.5, 0.6) is 0 Å². The highest BCUT2D eigenvalue weighted by Gasteiger charge is 2.27. The van der Waals surface area contributed by atoms with Crippen LogP contribution in [0.25, 0.3) is 0 Å². The molecule has 0 saturated heterocycles. The molecule has 0 radical (unpaired) electrons. The summed E-state index contributed by atoms with van der Waals surface area (Å²) in [5.74, 6) is -0.916. The number of hydrogen-bond acceptors (Lipinski definition) is 4. The number of aryl methyl sites for hydroxylation is 1. The van der Waals surface area contributed by atoms with Crippen molar-refractivity contribution in [2.45, 2.75) is 32.1 Å². The van der Waals surface area contributed by atoms with Gasteiger partial charge in [-0.2, -0.15) is 0 Å². The van der Waals surface area contributed by atoms with E-state index >= 15 is 0 Å². The SMILES string of the molecule is Cc1ccc(C[C@@H](CNC(=O)c2ccnc(C3CC3)n2)C(=O)O)cc1. The van der Waals surface area contributed by atoms with Gasteiger partial charge in [0, 0.05) is 18.7 Å². The van der Waals surface area contributed by atoms with E-state index in [1.54, 1.807) is 12.3 Å². The third-order valence-corrected chi connectivity index (χ3v) is 4.31. The first-order valence-electron chi connectivity index (χ1n) is 8.42. The summed E-state index contributed by atoms with van der Waals surface area (Å²) in [6, 6.07) is 9.29. The van der Waals surface area contributed by atoms with Crippen LogP contribution in [0.1, 0.15) is 46.2 Å². The molecule has 3 rings (SSSR count). The first kappa shape index (κ1) is 17.1. The fourth-order valence-electron chi connectivity index (χ4n) is 2.60. The Morgan fingerprint density at radius 1 is 1.24 bits per heavy atom. The van der Waals surface area contributed by atoms with E-state index in [9.17, 15) is 14.7 Å². The topological polar surface area (TPSA) is 92.2 Å². The van der Waals surface area contributed by atoms with Crippen molar-refractivity contribution in [1.82, 2.24) is 15.3 Å². The maximum Gasteiger partial charge on any atom is 0.308 e. The van der Waals surface area contributed by atoms with Gasteiger partial charge in [-0.15, -0.1) is 0 Å². The highest BCUT2D eigenvalue weighted by molar-refractivity contribution is 5.92. The maximum atomic E-state index is 12.3. The summed E-state index contributed by atoms with van der Waals surface area (Å²) < 4.78 is 0. The first-order valence-corrected chi connectivity index (χ1v) is 8.42. The lowest BCUT2D eigenvalue weighted by molar-refractivity contribution is -0.141. The molecule has 0 spiro atoms. The van der Waals surface area contributed by atoms with Gasteiger partial charge in [-0.25, -0.2) is 9.97 Å². The number of hydrogen-bond donors (Lipinski definition) is 2. The van der Waals surface area contributed by atoms with Crippen molar-refractivity contribution in [2.24, 2.45) is 5.92 Å². The van der Waals surface area contributed by atoms with Gasteiger partial charge in [0.1, 0.15) is 11.5 Å². The number of carbonyl (C=O) groups excluding carboxylic acids is 1. The van der Waals surface area contributed by atoms with E-state index in [4.69, 9.17) is 0 Å². The summed E-state index contributed by atoms with van der Waals surface area (Å²) in [7, 11) is 0. The predicted octanol–water partition coefficient (Wildman–Crippen LogP) is 2.34. The third kappa shape index (κ3) is 4.62. The molecule has 25 heavy (non-hydrogen) atoms. The molecule has 1 aromatic heterocycles. The molecule has 6 nitrogen and oxygen atoms in total. The Balaban J connectivity index is 1.60. The summed E-state index contributed by atoms with van der Waals surface area (Å²) in [5, 5.41) is 12.1. The van der Waals surface area contributed by atoms with E-state index in [1.165, 1.54) is 0 Å². The fraction of sp³-hybridized carbons (Fsp3) is 0.368. The summed E-state index contributed by atoms with van der Waals surface area (Å²) in [5.41, 5.74) is 2.35. The second-order valence-corrected chi connectivity index (χ2v) is 6.51. The Kier molecular flexibility index (Phi) is 5.07. The normalized spacial score (nSPS) is 14.8. The molecule has 1 aliphatic rings. The summed E-state index contributed by atoms with van der Waals surface area (Å²) >= 11 is 0. The van der Waals surface area contributed by atoms with E-state index in [0.29, 0.717) is 18.2 Å². The van der Waals surface area contributed by atoms with Crippen LogP contribution >= 0.6 is 0 Å². The zero-order valence-electron chi connectivity index (χ0n) is 14.1. The highest BCUT2D eigenvalue weighted by Crippen LogP contribution is 2.37. The van der Waals surface area contributed by atoms with Gasteiger partial charge in [0.25, 0.3) is 5.91 Å². The van der Waals surface area contributed by atoms with E-state index in [1.807, 2.05) is 31.2 Å². The molecule has 0 bridgehead atoms. The summed E-state index contributed by atoms with van der Waals surface area (Å²) in [6.07, 6.45) is 4.06. The van der Waals surface area contributed by atoms with Gasteiger partial charge in [0.05, 0.1) is 5.92 Å². The number of benzene rings is 1. The van der Waals surface area contributed by atoms with Gasteiger partial charge in [0.15, 0.2) is 0 Å².